The van der Waals surface area contributed by atoms with Gasteiger partial charge < -0.3 is 14.2 Å². The van der Waals surface area contributed by atoms with Crippen LogP contribution in [-0.4, -0.2) is 33.6 Å². The topological polar surface area (TPSA) is 60.2 Å². The minimum Gasteiger partial charge on any atom is -0.451 e. The number of esters is 1. The molecular formula is C17H20N4O2. The van der Waals surface area contributed by atoms with E-state index in [1.54, 1.807) is 6.20 Å². The fourth-order valence-electron chi connectivity index (χ4n) is 3.67. The van der Waals surface area contributed by atoms with E-state index >= 15 is 0 Å². The number of hydrogen-bond acceptors (Lipinski definition) is 5. The van der Waals surface area contributed by atoms with Crippen molar-refractivity contribution in [2.75, 3.05) is 18.0 Å². The first kappa shape index (κ1) is 14.2. The van der Waals surface area contributed by atoms with Crippen LogP contribution in [0.1, 0.15) is 47.9 Å². The number of ether oxygens (including phenoxy) is 1. The van der Waals surface area contributed by atoms with Crippen molar-refractivity contribution in [3.05, 3.63) is 41.6 Å². The van der Waals surface area contributed by atoms with Gasteiger partial charge in [-0.1, -0.05) is 0 Å². The molecule has 2 aromatic heterocycles. The summed E-state index contributed by atoms with van der Waals surface area (Å²) in [7, 11) is 2.02. The number of hydrogen-bond donors (Lipinski definition) is 0. The maximum absolute atomic E-state index is 12.3. The summed E-state index contributed by atoms with van der Waals surface area (Å²) in [4.78, 5) is 23.4. The molecule has 120 valence electrons. The molecule has 4 heterocycles. The monoisotopic (exact) mass is 312 g/mol. The standard InChI is InChI=1S/C17H20N4O2/c1-17(2)12-4-6-18-15(13(12)16(22)23-17)21-8-5-11(10-21)14-19-7-9-20(14)3/h4,6-7,9,11H,5,8,10H2,1-3H3. The van der Waals surface area contributed by atoms with Crippen LogP contribution in [0.2, 0.25) is 0 Å². The Morgan fingerprint density at radius 2 is 2.13 bits per heavy atom. The van der Waals surface area contributed by atoms with Crippen LogP contribution >= 0.6 is 0 Å². The summed E-state index contributed by atoms with van der Waals surface area (Å²) < 4.78 is 7.58. The van der Waals surface area contributed by atoms with Gasteiger partial charge in [0.2, 0.25) is 0 Å². The predicted molar refractivity (Wildman–Crippen MR) is 85.5 cm³/mol. The first-order valence-corrected chi connectivity index (χ1v) is 7.92. The van der Waals surface area contributed by atoms with E-state index in [1.807, 2.05) is 39.4 Å². The van der Waals surface area contributed by atoms with Gasteiger partial charge in [0.05, 0.1) is 0 Å². The Morgan fingerprint density at radius 1 is 1.30 bits per heavy atom. The van der Waals surface area contributed by atoms with E-state index in [-0.39, 0.29) is 5.97 Å². The van der Waals surface area contributed by atoms with Crippen LogP contribution in [0.5, 0.6) is 0 Å². The van der Waals surface area contributed by atoms with Crippen molar-refractivity contribution < 1.29 is 9.53 Å². The third-order valence-electron chi connectivity index (χ3n) is 4.84. The first-order valence-electron chi connectivity index (χ1n) is 7.92. The highest BCUT2D eigenvalue weighted by Crippen LogP contribution is 2.41. The van der Waals surface area contributed by atoms with Gasteiger partial charge in [-0.2, -0.15) is 0 Å². The smallest absolute Gasteiger partial charge is 0.343 e. The molecule has 2 aliphatic heterocycles. The lowest BCUT2D eigenvalue weighted by molar-refractivity contribution is 0.00957. The van der Waals surface area contributed by atoms with Crippen LogP contribution in [-0.2, 0) is 17.4 Å². The zero-order valence-electron chi connectivity index (χ0n) is 13.6. The summed E-state index contributed by atoms with van der Waals surface area (Å²) in [6.45, 7) is 5.53. The minimum atomic E-state index is -0.580. The average Bonchev–Trinajstić information content (AvgIpc) is 3.18. The highest BCUT2D eigenvalue weighted by molar-refractivity contribution is 5.99. The van der Waals surface area contributed by atoms with Gasteiger partial charge in [-0.3, -0.25) is 0 Å². The van der Waals surface area contributed by atoms with E-state index in [0.717, 1.165) is 36.7 Å². The second kappa shape index (κ2) is 4.81. The lowest BCUT2D eigenvalue weighted by Crippen LogP contribution is -2.23. The molecule has 4 rings (SSSR count). The third-order valence-corrected chi connectivity index (χ3v) is 4.84. The van der Waals surface area contributed by atoms with E-state index in [9.17, 15) is 4.79 Å². The Balaban J connectivity index is 1.67. The molecule has 2 aliphatic rings. The maximum atomic E-state index is 12.3. The van der Waals surface area contributed by atoms with E-state index in [2.05, 4.69) is 19.4 Å². The summed E-state index contributed by atoms with van der Waals surface area (Å²) >= 11 is 0. The lowest BCUT2D eigenvalue weighted by Gasteiger charge is -2.20. The molecule has 0 bridgehead atoms. The summed E-state index contributed by atoms with van der Waals surface area (Å²) in [5.41, 5.74) is 0.967. The van der Waals surface area contributed by atoms with E-state index in [4.69, 9.17) is 4.74 Å². The van der Waals surface area contributed by atoms with Gasteiger partial charge in [0.1, 0.15) is 22.8 Å². The average molecular weight is 312 g/mol. The normalized spacial score (nSPS) is 22.3. The molecule has 0 radical (unpaired) electrons. The van der Waals surface area contributed by atoms with Crippen molar-refractivity contribution in [2.24, 2.45) is 7.05 Å². The fourth-order valence-corrected chi connectivity index (χ4v) is 3.67. The SMILES string of the molecule is Cn1ccnc1C1CCN(c2nccc3c2C(=O)OC3(C)C)C1. The van der Waals surface area contributed by atoms with Gasteiger partial charge in [-0.25, -0.2) is 14.8 Å². The second-order valence-corrected chi connectivity index (χ2v) is 6.78. The van der Waals surface area contributed by atoms with Gasteiger partial charge in [0, 0.05) is 50.2 Å². The first-order chi connectivity index (χ1) is 11.0. The molecule has 23 heavy (non-hydrogen) atoms. The van der Waals surface area contributed by atoms with Crippen molar-refractivity contribution >= 4 is 11.8 Å². The summed E-state index contributed by atoms with van der Waals surface area (Å²) in [6.07, 6.45) is 6.58. The number of nitrogens with zero attached hydrogens (tertiary/aromatic N) is 4. The van der Waals surface area contributed by atoms with Gasteiger partial charge in [-0.05, 0) is 26.3 Å². The van der Waals surface area contributed by atoms with Crippen LogP contribution in [0.3, 0.4) is 0 Å². The van der Waals surface area contributed by atoms with Gasteiger partial charge >= 0.3 is 5.97 Å². The number of fused-ring (bicyclic) bond motifs is 1. The van der Waals surface area contributed by atoms with Gasteiger partial charge in [-0.15, -0.1) is 0 Å². The highest BCUT2D eigenvalue weighted by Gasteiger charge is 2.42. The molecule has 1 atom stereocenters. The maximum Gasteiger partial charge on any atom is 0.343 e. The predicted octanol–water partition coefficient (Wildman–Crippen LogP) is 2.21. The summed E-state index contributed by atoms with van der Waals surface area (Å²) in [6, 6.07) is 1.88. The van der Waals surface area contributed by atoms with Crippen molar-refractivity contribution in [1.82, 2.24) is 14.5 Å². The van der Waals surface area contributed by atoms with Gasteiger partial charge in [0.15, 0.2) is 0 Å². The van der Waals surface area contributed by atoms with Crippen molar-refractivity contribution in [3.8, 4) is 0 Å². The minimum absolute atomic E-state index is 0.270. The number of rotatable bonds is 2. The molecule has 0 aliphatic carbocycles. The Bertz CT molecular complexity index is 781. The Labute approximate surface area is 135 Å². The Morgan fingerprint density at radius 3 is 2.87 bits per heavy atom. The summed E-state index contributed by atoms with van der Waals surface area (Å²) in [5, 5.41) is 0. The Hall–Kier alpha value is -2.37. The Kier molecular flexibility index (Phi) is 2.98. The van der Waals surface area contributed by atoms with Crippen molar-refractivity contribution in [3.63, 3.8) is 0 Å². The molecule has 1 fully saturated rings. The largest absolute Gasteiger partial charge is 0.451 e. The highest BCUT2D eigenvalue weighted by atomic mass is 16.6. The van der Waals surface area contributed by atoms with E-state index in [0.29, 0.717) is 11.5 Å². The van der Waals surface area contributed by atoms with Crippen LogP contribution in [0.4, 0.5) is 5.82 Å². The van der Waals surface area contributed by atoms with Crippen molar-refractivity contribution in [2.45, 2.75) is 31.8 Å². The zero-order chi connectivity index (χ0) is 16.2. The quantitative estimate of drug-likeness (QED) is 0.796. The van der Waals surface area contributed by atoms with Crippen LogP contribution in [0.25, 0.3) is 0 Å². The van der Waals surface area contributed by atoms with Crippen LogP contribution in [0, 0.1) is 0 Å². The third kappa shape index (κ3) is 2.12. The van der Waals surface area contributed by atoms with E-state index in [1.165, 1.54) is 0 Å². The number of aryl methyl sites for hydroxylation is 1. The van der Waals surface area contributed by atoms with Crippen LogP contribution in [0.15, 0.2) is 24.7 Å². The van der Waals surface area contributed by atoms with Crippen LogP contribution < -0.4 is 4.90 Å². The number of aromatic nitrogens is 3. The molecule has 1 unspecified atom stereocenters. The number of cyclic esters (lactones) is 1. The molecule has 6 nitrogen and oxygen atoms in total. The molecular weight excluding hydrogens is 292 g/mol. The molecule has 0 N–H and O–H groups in total. The fraction of sp³-hybridized carbons (Fsp3) is 0.471. The molecule has 1 saturated heterocycles. The van der Waals surface area contributed by atoms with E-state index < -0.39 is 5.60 Å². The molecule has 0 amide bonds. The lowest BCUT2D eigenvalue weighted by atomic mass is 9.97. The summed E-state index contributed by atoms with van der Waals surface area (Å²) in [5.74, 6) is 1.92. The molecule has 0 saturated carbocycles. The number of pyridine rings is 1. The number of anilines is 1. The number of carbonyl (C=O) groups is 1. The zero-order valence-corrected chi connectivity index (χ0v) is 13.6. The molecule has 2 aromatic rings. The van der Waals surface area contributed by atoms with Crippen molar-refractivity contribution in [1.29, 1.82) is 0 Å². The number of carbonyl (C=O) groups excluding carboxylic acids is 1. The van der Waals surface area contributed by atoms with Gasteiger partial charge in [0.25, 0.3) is 0 Å². The molecule has 6 heteroatoms. The second-order valence-electron chi connectivity index (χ2n) is 6.78. The molecule has 0 spiro atoms. The number of imidazole rings is 1. The molecule has 0 aromatic carbocycles.